The largest absolute Gasteiger partial charge is 0.347 e. The van der Waals surface area contributed by atoms with Gasteiger partial charge in [0.15, 0.2) is 0 Å². The molecule has 0 saturated heterocycles. The number of carbonyl (C=O) groups excluding carboxylic acids is 1. The van der Waals surface area contributed by atoms with Crippen molar-refractivity contribution in [2.45, 2.75) is 10.8 Å². The Morgan fingerprint density at radius 1 is 1.23 bits per heavy atom. The second kappa shape index (κ2) is 7.07. The van der Waals surface area contributed by atoms with E-state index in [1.165, 1.54) is 18.4 Å². The van der Waals surface area contributed by atoms with Crippen LogP contribution in [0.15, 0.2) is 40.6 Å². The Balaban J connectivity index is 2.06. The predicted octanol–water partition coefficient (Wildman–Crippen LogP) is 2.53. The highest BCUT2D eigenvalue weighted by molar-refractivity contribution is 14.1. The number of halogens is 1. The Bertz CT molecular complexity index is 785. The minimum Gasteiger partial charge on any atom is -0.347 e. The van der Waals surface area contributed by atoms with E-state index in [4.69, 9.17) is 0 Å². The van der Waals surface area contributed by atoms with E-state index in [0.717, 1.165) is 19.8 Å². The summed E-state index contributed by atoms with van der Waals surface area (Å²) in [7, 11) is -0.428. The van der Waals surface area contributed by atoms with Crippen LogP contribution in [0.5, 0.6) is 0 Å². The summed E-state index contributed by atoms with van der Waals surface area (Å²) in [6, 6.07) is 10.6. The van der Waals surface area contributed by atoms with Gasteiger partial charge in [-0.25, -0.2) is 12.7 Å². The zero-order chi connectivity index (χ0) is 16.3. The van der Waals surface area contributed by atoms with Crippen LogP contribution in [0.4, 0.5) is 0 Å². The number of hydrogen-bond acceptors (Lipinski definition) is 4. The van der Waals surface area contributed by atoms with Gasteiger partial charge in [0.1, 0.15) is 4.21 Å². The molecule has 2 aromatic rings. The highest BCUT2D eigenvalue weighted by atomic mass is 127. The van der Waals surface area contributed by atoms with Crippen molar-refractivity contribution in [3.63, 3.8) is 0 Å². The number of nitrogens with zero attached hydrogens (tertiary/aromatic N) is 1. The van der Waals surface area contributed by atoms with Crippen LogP contribution >= 0.6 is 33.9 Å². The van der Waals surface area contributed by atoms with E-state index >= 15 is 0 Å². The molecular formula is C14H15IN2O3S2. The topological polar surface area (TPSA) is 66.5 Å². The van der Waals surface area contributed by atoms with Gasteiger partial charge < -0.3 is 5.32 Å². The molecule has 1 aromatic carbocycles. The van der Waals surface area contributed by atoms with Crippen LogP contribution in [0, 0.1) is 3.57 Å². The molecule has 1 N–H and O–H groups in total. The molecule has 0 aliphatic carbocycles. The predicted molar refractivity (Wildman–Crippen MR) is 95.5 cm³/mol. The third kappa shape index (κ3) is 3.86. The Morgan fingerprint density at radius 3 is 2.55 bits per heavy atom. The van der Waals surface area contributed by atoms with Crippen molar-refractivity contribution in [1.29, 1.82) is 0 Å². The highest BCUT2D eigenvalue weighted by Crippen LogP contribution is 2.23. The van der Waals surface area contributed by atoms with Gasteiger partial charge in [-0.15, -0.1) is 11.3 Å². The Hall–Kier alpha value is -0.970. The molecule has 0 unspecified atom stereocenters. The fourth-order valence-electron chi connectivity index (χ4n) is 1.68. The molecule has 22 heavy (non-hydrogen) atoms. The molecule has 0 saturated carbocycles. The molecule has 8 heteroatoms. The number of hydrogen-bond donors (Lipinski definition) is 1. The Morgan fingerprint density at radius 2 is 1.91 bits per heavy atom. The smallest absolute Gasteiger partial charge is 0.252 e. The number of benzene rings is 1. The second-order valence-electron chi connectivity index (χ2n) is 4.67. The van der Waals surface area contributed by atoms with Gasteiger partial charge in [-0.1, -0.05) is 12.1 Å². The molecule has 5 nitrogen and oxygen atoms in total. The van der Waals surface area contributed by atoms with E-state index in [-0.39, 0.29) is 10.1 Å². The molecule has 0 fully saturated rings. The van der Waals surface area contributed by atoms with Gasteiger partial charge in [0, 0.05) is 22.5 Å². The summed E-state index contributed by atoms with van der Waals surface area (Å²) in [6.45, 7) is 0.303. The summed E-state index contributed by atoms with van der Waals surface area (Å²) in [6.07, 6.45) is 0. The van der Waals surface area contributed by atoms with Crippen molar-refractivity contribution < 1.29 is 13.2 Å². The van der Waals surface area contributed by atoms with Gasteiger partial charge >= 0.3 is 0 Å². The summed E-state index contributed by atoms with van der Waals surface area (Å²) in [5, 5.41) is 2.81. The third-order valence-electron chi connectivity index (χ3n) is 2.91. The lowest BCUT2D eigenvalue weighted by Crippen LogP contribution is -2.23. The molecular weight excluding hydrogens is 435 g/mol. The number of rotatable bonds is 5. The van der Waals surface area contributed by atoms with Gasteiger partial charge in [-0.2, -0.15) is 0 Å². The van der Waals surface area contributed by atoms with E-state index in [1.54, 1.807) is 18.2 Å². The Kier molecular flexibility index (Phi) is 5.59. The zero-order valence-electron chi connectivity index (χ0n) is 12.0. The van der Waals surface area contributed by atoms with Crippen LogP contribution in [0.2, 0.25) is 0 Å². The fraction of sp³-hybridized carbons (Fsp3) is 0.214. The molecule has 1 aromatic heterocycles. The fourth-order valence-corrected chi connectivity index (χ4v) is 4.78. The van der Waals surface area contributed by atoms with Crippen LogP contribution in [-0.4, -0.2) is 32.7 Å². The number of sulfonamides is 1. The molecule has 0 spiro atoms. The second-order valence-corrected chi connectivity index (χ2v) is 9.38. The number of amides is 1. The van der Waals surface area contributed by atoms with Gasteiger partial charge in [-0.05, 0) is 46.9 Å². The van der Waals surface area contributed by atoms with Crippen LogP contribution in [0.3, 0.4) is 0 Å². The third-order valence-corrected chi connectivity index (χ3v) is 7.22. The normalized spacial score (nSPS) is 11.6. The quantitative estimate of drug-likeness (QED) is 0.713. The first kappa shape index (κ1) is 17.4. The standard InChI is InChI=1S/C14H15IN2O3S2/c1-17(2)22(19,20)13-8-7-10(21-13)9-16-14(18)11-5-3-4-6-12(11)15/h3-8H,9H2,1-2H3,(H,16,18). The van der Waals surface area contributed by atoms with Crippen LogP contribution < -0.4 is 5.32 Å². The maximum Gasteiger partial charge on any atom is 0.252 e. The van der Waals surface area contributed by atoms with Crippen molar-refractivity contribution in [3.8, 4) is 0 Å². The van der Waals surface area contributed by atoms with E-state index in [9.17, 15) is 13.2 Å². The zero-order valence-corrected chi connectivity index (χ0v) is 15.8. The lowest BCUT2D eigenvalue weighted by atomic mass is 10.2. The SMILES string of the molecule is CN(C)S(=O)(=O)c1ccc(CNC(=O)c2ccccc2I)s1. The average Bonchev–Trinajstić information content (AvgIpc) is 2.94. The van der Waals surface area contributed by atoms with E-state index in [2.05, 4.69) is 27.9 Å². The van der Waals surface area contributed by atoms with E-state index in [1.807, 2.05) is 18.2 Å². The summed E-state index contributed by atoms with van der Waals surface area (Å²) in [4.78, 5) is 12.9. The van der Waals surface area contributed by atoms with Crippen LogP contribution in [0.25, 0.3) is 0 Å². The lowest BCUT2D eigenvalue weighted by Gasteiger charge is -2.08. The van der Waals surface area contributed by atoms with Crippen molar-refractivity contribution in [2.24, 2.45) is 0 Å². The molecule has 0 aliphatic rings. The first-order valence-corrected chi connectivity index (χ1v) is 9.70. The minimum absolute atomic E-state index is 0.171. The molecule has 0 bridgehead atoms. The molecule has 0 radical (unpaired) electrons. The van der Waals surface area contributed by atoms with Gasteiger partial charge in [0.05, 0.1) is 12.1 Å². The number of carbonyl (C=O) groups is 1. The summed E-state index contributed by atoms with van der Waals surface area (Å²) < 4.78 is 26.3. The lowest BCUT2D eigenvalue weighted by molar-refractivity contribution is 0.0950. The first-order valence-electron chi connectivity index (χ1n) is 6.36. The first-order chi connectivity index (χ1) is 10.3. The van der Waals surface area contributed by atoms with Gasteiger partial charge in [0.25, 0.3) is 15.9 Å². The summed E-state index contributed by atoms with van der Waals surface area (Å²) in [5.74, 6) is -0.171. The minimum atomic E-state index is -3.42. The van der Waals surface area contributed by atoms with Crippen molar-refractivity contribution in [2.75, 3.05) is 14.1 Å². The van der Waals surface area contributed by atoms with Crippen LogP contribution in [0.1, 0.15) is 15.2 Å². The van der Waals surface area contributed by atoms with Crippen molar-refractivity contribution in [1.82, 2.24) is 9.62 Å². The number of nitrogens with one attached hydrogen (secondary N) is 1. The molecule has 1 amide bonds. The molecule has 0 aliphatic heterocycles. The summed E-state index contributed by atoms with van der Waals surface area (Å²) >= 11 is 3.27. The monoisotopic (exact) mass is 450 g/mol. The van der Waals surface area contributed by atoms with E-state index < -0.39 is 10.0 Å². The molecule has 2 rings (SSSR count). The van der Waals surface area contributed by atoms with Crippen molar-refractivity contribution in [3.05, 3.63) is 50.4 Å². The maximum absolute atomic E-state index is 12.1. The highest BCUT2D eigenvalue weighted by Gasteiger charge is 2.19. The van der Waals surface area contributed by atoms with Gasteiger partial charge in [-0.3, -0.25) is 4.79 Å². The van der Waals surface area contributed by atoms with Crippen LogP contribution in [-0.2, 0) is 16.6 Å². The molecule has 1 heterocycles. The van der Waals surface area contributed by atoms with Gasteiger partial charge in [0.2, 0.25) is 0 Å². The van der Waals surface area contributed by atoms with E-state index in [0.29, 0.717) is 12.1 Å². The Labute approximate surface area is 147 Å². The summed E-state index contributed by atoms with van der Waals surface area (Å²) in [5.41, 5.74) is 0.612. The maximum atomic E-state index is 12.1. The number of thiophene rings is 1. The molecule has 118 valence electrons. The average molecular weight is 450 g/mol. The molecule has 0 atom stereocenters. The van der Waals surface area contributed by atoms with Crippen molar-refractivity contribution >= 4 is 49.9 Å².